The number of hydrogen-bond acceptors (Lipinski definition) is 8. The molecule has 2 aromatic heterocycles. The molecule has 1 N–H and O–H groups in total. The minimum Gasteiger partial charge on any atom is -0.463 e. The predicted octanol–water partition coefficient (Wildman–Crippen LogP) is 9.67. The topological polar surface area (TPSA) is 89.4 Å². The van der Waals surface area contributed by atoms with E-state index in [1.54, 1.807) is 6.92 Å². The number of hydrazone groups is 1. The quantitative estimate of drug-likeness (QED) is 0.194. The number of nitrogens with zero attached hydrogens (tertiary/aromatic N) is 4. The molecule has 0 aliphatic heterocycles. The van der Waals surface area contributed by atoms with Gasteiger partial charge < -0.3 is 4.74 Å². The van der Waals surface area contributed by atoms with Gasteiger partial charge in [-0.2, -0.15) is 10.1 Å². The van der Waals surface area contributed by atoms with Crippen LogP contribution in [0.2, 0.25) is 0 Å². The lowest BCUT2D eigenvalue weighted by Crippen LogP contribution is -2.57. The van der Waals surface area contributed by atoms with Crippen molar-refractivity contribution in [2.75, 3.05) is 5.43 Å². The van der Waals surface area contributed by atoms with Crippen molar-refractivity contribution >= 4 is 49.7 Å². The van der Waals surface area contributed by atoms with E-state index in [0.29, 0.717) is 28.8 Å². The first-order valence-electron chi connectivity index (χ1n) is 18.1. The number of carbonyl (C=O) groups is 1. The second kappa shape index (κ2) is 12.4. The first kappa shape index (κ1) is 32.0. The molecule has 4 aliphatic carbocycles. The maximum Gasteiger partial charge on any atom is 0.302 e. The van der Waals surface area contributed by atoms with Crippen LogP contribution < -0.4 is 5.43 Å². The molecule has 7 nitrogen and oxygen atoms in total. The van der Waals surface area contributed by atoms with Crippen LogP contribution in [0.3, 0.4) is 0 Å². The van der Waals surface area contributed by atoms with Gasteiger partial charge in [0.25, 0.3) is 0 Å². The number of ether oxygens (including phenoxy) is 1. The first-order chi connectivity index (χ1) is 22.0. The van der Waals surface area contributed by atoms with Gasteiger partial charge in [-0.3, -0.25) is 10.2 Å². The van der Waals surface area contributed by atoms with Gasteiger partial charge in [-0.25, -0.2) is 9.97 Å². The number of anilines is 1. The third-order valence-corrected chi connectivity index (χ3v) is 14.0. The lowest BCUT2D eigenvalue weighted by atomic mass is 9.44. The first-order valence-corrected chi connectivity index (χ1v) is 18.9. The largest absolute Gasteiger partial charge is 0.463 e. The molecule has 0 radical (unpaired) electrons. The summed E-state index contributed by atoms with van der Waals surface area (Å²) in [7, 11) is 0. The Labute approximate surface area is 278 Å². The van der Waals surface area contributed by atoms with E-state index >= 15 is 0 Å². The number of aromatic nitrogens is 3. The van der Waals surface area contributed by atoms with Crippen molar-refractivity contribution in [2.45, 2.75) is 118 Å². The molecule has 248 valence electrons. The van der Waals surface area contributed by atoms with E-state index in [2.05, 4.69) is 40.0 Å². The number of carbonyl (C=O) groups excluding carboxylic acids is 1. The van der Waals surface area contributed by atoms with Crippen LogP contribution in [0.4, 0.5) is 5.13 Å². The Hall–Kier alpha value is -2.61. The van der Waals surface area contributed by atoms with Crippen molar-refractivity contribution in [3.63, 3.8) is 0 Å². The van der Waals surface area contributed by atoms with E-state index < -0.39 is 0 Å². The van der Waals surface area contributed by atoms with Gasteiger partial charge >= 0.3 is 5.97 Å². The van der Waals surface area contributed by atoms with Crippen molar-refractivity contribution in [1.82, 2.24) is 15.0 Å². The Morgan fingerprint density at radius 3 is 2.50 bits per heavy atom. The van der Waals surface area contributed by atoms with Crippen LogP contribution in [-0.4, -0.2) is 32.7 Å². The Morgan fingerprint density at radius 2 is 1.74 bits per heavy atom. The third kappa shape index (κ3) is 5.75. The second-order valence-corrected chi connectivity index (χ2v) is 17.2. The lowest BCUT2D eigenvalue weighted by molar-refractivity contribution is -0.153. The van der Waals surface area contributed by atoms with E-state index in [4.69, 9.17) is 24.8 Å². The minimum absolute atomic E-state index is 0.0305. The van der Waals surface area contributed by atoms with Crippen molar-refractivity contribution in [2.24, 2.45) is 57.4 Å². The van der Waals surface area contributed by atoms with Gasteiger partial charge in [-0.1, -0.05) is 77.4 Å². The highest BCUT2D eigenvalue weighted by Gasteiger charge is 2.62. The molecule has 2 heterocycles. The summed E-state index contributed by atoms with van der Waals surface area (Å²) in [6.07, 6.45) is 13.4. The van der Waals surface area contributed by atoms with Crippen LogP contribution >= 0.6 is 11.3 Å². The zero-order valence-electron chi connectivity index (χ0n) is 28.7. The smallest absolute Gasteiger partial charge is 0.302 e. The van der Waals surface area contributed by atoms with Crippen molar-refractivity contribution < 1.29 is 9.53 Å². The highest BCUT2D eigenvalue weighted by molar-refractivity contribution is 7.21. The lowest BCUT2D eigenvalue weighted by Gasteiger charge is -2.61. The number of para-hydroxylation sites is 2. The van der Waals surface area contributed by atoms with Gasteiger partial charge in [0.2, 0.25) is 5.13 Å². The van der Waals surface area contributed by atoms with Crippen LogP contribution in [0.25, 0.3) is 21.5 Å². The number of thiazole rings is 1. The average Bonchev–Trinajstić information content (AvgIpc) is 3.58. The summed E-state index contributed by atoms with van der Waals surface area (Å²) in [5.41, 5.74) is 7.63. The standard InChI is InChI=1S/C38H53N5O2S/c1-22(2)10-9-11-23(3)27-14-15-28-26-21-33(42-43-36-41-34-35(46-36)40-32-13-8-7-12-31(32)39-34)30-20-25(45-24(4)44)16-18-38(30,6)29(26)17-19-37(27,28)5/h7-8,12-13,22-23,25-30H,9-11,14-21H2,1-6H3,(H,39,41,43)/b42-33+/t23-,25+,26+,27-,28+,29+,30-,37-,38-/m1/s1. The normalized spacial score (nSPS) is 35.6. The molecular formula is C38H53N5O2S. The summed E-state index contributed by atoms with van der Waals surface area (Å²) in [6.45, 7) is 14.0. The van der Waals surface area contributed by atoms with Gasteiger partial charge in [0.05, 0.1) is 11.0 Å². The summed E-state index contributed by atoms with van der Waals surface area (Å²) in [6, 6.07) is 7.95. The zero-order chi connectivity index (χ0) is 32.2. The Balaban J connectivity index is 1.17. The fourth-order valence-electron chi connectivity index (χ4n) is 11.0. The fraction of sp³-hybridized carbons (Fsp3) is 0.711. The van der Waals surface area contributed by atoms with E-state index in [-0.39, 0.29) is 17.5 Å². The number of benzene rings is 1. The molecule has 8 heteroatoms. The molecular weight excluding hydrogens is 591 g/mol. The van der Waals surface area contributed by atoms with Gasteiger partial charge in [0.15, 0.2) is 10.5 Å². The molecule has 4 fully saturated rings. The van der Waals surface area contributed by atoms with Crippen molar-refractivity contribution in [1.29, 1.82) is 0 Å². The third-order valence-electron chi connectivity index (χ3n) is 13.2. The molecule has 9 atom stereocenters. The molecule has 0 amide bonds. The van der Waals surface area contributed by atoms with Crippen LogP contribution in [0.1, 0.15) is 112 Å². The number of nitrogens with one attached hydrogen (secondary N) is 1. The summed E-state index contributed by atoms with van der Waals surface area (Å²) in [4.78, 5) is 27.2. The Morgan fingerprint density at radius 1 is 1.00 bits per heavy atom. The molecule has 1 aromatic carbocycles. The minimum atomic E-state index is -0.172. The Bertz CT molecular complexity index is 1570. The number of esters is 1. The molecule has 3 aromatic rings. The number of fused-ring (bicyclic) bond motifs is 7. The van der Waals surface area contributed by atoms with Crippen molar-refractivity contribution in [3.8, 4) is 0 Å². The van der Waals surface area contributed by atoms with Crippen molar-refractivity contribution in [3.05, 3.63) is 24.3 Å². The fourth-order valence-corrected chi connectivity index (χ4v) is 11.7. The maximum absolute atomic E-state index is 12.0. The molecule has 46 heavy (non-hydrogen) atoms. The highest BCUT2D eigenvalue weighted by atomic mass is 32.1. The van der Waals surface area contributed by atoms with Gasteiger partial charge in [0, 0.05) is 18.6 Å². The number of rotatable bonds is 8. The SMILES string of the molecule is CC(=O)O[C@H]1CC[C@@]2(C)[C@H](C1)/C(=N/Nc1nc3nc4ccccc4nc3s1)C[C@@H]1[C@@H]2CC[C@]2(C)[C@@H]([C@H](C)CCCC(C)C)CC[C@@H]12. The zero-order valence-corrected chi connectivity index (χ0v) is 29.5. The summed E-state index contributed by atoms with van der Waals surface area (Å²) in [5, 5.41) is 5.95. The average molecular weight is 644 g/mol. The van der Waals surface area contributed by atoms with E-state index in [1.165, 1.54) is 62.0 Å². The molecule has 4 aliphatic rings. The van der Waals surface area contributed by atoms with Crippen LogP contribution in [0.5, 0.6) is 0 Å². The van der Waals surface area contributed by atoms with Gasteiger partial charge in [0.1, 0.15) is 6.10 Å². The van der Waals surface area contributed by atoms with E-state index in [9.17, 15) is 4.79 Å². The van der Waals surface area contributed by atoms with E-state index in [1.807, 2.05) is 24.3 Å². The Kier molecular flexibility index (Phi) is 8.65. The maximum atomic E-state index is 12.0. The van der Waals surface area contributed by atoms with Crippen LogP contribution in [0.15, 0.2) is 29.4 Å². The molecule has 0 spiro atoms. The molecule has 7 rings (SSSR count). The van der Waals surface area contributed by atoms with Crippen LogP contribution in [-0.2, 0) is 9.53 Å². The van der Waals surface area contributed by atoms with Crippen LogP contribution in [0, 0.1) is 52.3 Å². The van der Waals surface area contributed by atoms with E-state index in [0.717, 1.165) is 70.4 Å². The number of hydrogen-bond donors (Lipinski definition) is 1. The monoisotopic (exact) mass is 643 g/mol. The van der Waals surface area contributed by atoms with Gasteiger partial charge in [-0.15, -0.1) is 0 Å². The highest BCUT2D eigenvalue weighted by Crippen LogP contribution is 2.68. The second-order valence-electron chi connectivity index (χ2n) is 16.3. The predicted molar refractivity (Wildman–Crippen MR) is 188 cm³/mol. The summed E-state index contributed by atoms with van der Waals surface area (Å²) < 4.78 is 5.84. The molecule has 4 saturated carbocycles. The summed E-state index contributed by atoms with van der Waals surface area (Å²) >= 11 is 1.51. The molecule has 0 unspecified atom stereocenters. The van der Waals surface area contributed by atoms with Gasteiger partial charge in [-0.05, 0) is 110 Å². The molecule has 0 bridgehead atoms. The summed E-state index contributed by atoms with van der Waals surface area (Å²) in [5.74, 6) is 4.65. The molecule has 0 saturated heterocycles.